The van der Waals surface area contributed by atoms with Gasteiger partial charge in [-0.3, -0.25) is 4.98 Å². The Balaban J connectivity index is 2.75. The number of carboxylic acids is 1. The second-order valence-electron chi connectivity index (χ2n) is 3.69. The highest BCUT2D eigenvalue weighted by atomic mass is 19.3. The number of nitrogens with zero attached hydrogens (tertiary/aromatic N) is 1. The molecule has 0 fully saturated rings. The number of rotatable bonds is 2. The topological polar surface area (TPSA) is 50.2 Å². The molecule has 88 valence electrons. The summed E-state index contributed by atoms with van der Waals surface area (Å²) in [7, 11) is 0. The molecule has 0 unspecified atom stereocenters. The Labute approximate surface area is 95.7 Å². The lowest BCUT2D eigenvalue weighted by Crippen LogP contribution is -1.98. The van der Waals surface area contributed by atoms with E-state index in [1.807, 2.05) is 0 Å². The van der Waals surface area contributed by atoms with E-state index in [4.69, 9.17) is 5.11 Å². The molecule has 0 aliphatic rings. The third kappa shape index (κ3) is 2.08. The molecule has 0 saturated carbocycles. The minimum atomic E-state index is -2.60. The van der Waals surface area contributed by atoms with E-state index in [1.165, 1.54) is 24.3 Å². The molecular formula is C12H9F2NO2. The van der Waals surface area contributed by atoms with E-state index < -0.39 is 12.4 Å². The number of aromatic nitrogens is 1. The third-order valence-electron chi connectivity index (χ3n) is 2.45. The Bertz CT molecular complexity index is 596. The van der Waals surface area contributed by atoms with E-state index in [0.717, 1.165) is 0 Å². The summed E-state index contributed by atoms with van der Waals surface area (Å²) in [4.78, 5) is 14.8. The Morgan fingerprint density at radius 1 is 1.35 bits per heavy atom. The summed E-state index contributed by atoms with van der Waals surface area (Å²) in [6, 6.07) is 5.28. The van der Waals surface area contributed by atoms with Gasteiger partial charge in [-0.15, -0.1) is 0 Å². The molecule has 0 aliphatic carbocycles. The van der Waals surface area contributed by atoms with E-state index in [0.29, 0.717) is 5.69 Å². The normalized spacial score (nSPS) is 11.1. The zero-order valence-corrected chi connectivity index (χ0v) is 8.95. The molecular weight excluding hydrogens is 228 g/mol. The molecule has 0 aliphatic heterocycles. The number of halogens is 2. The van der Waals surface area contributed by atoms with Crippen LogP contribution in [0, 0.1) is 6.92 Å². The van der Waals surface area contributed by atoms with Gasteiger partial charge in [0.05, 0.1) is 11.1 Å². The van der Waals surface area contributed by atoms with Crippen LogP contribution in [0.15, 0.2) is 24.3 Å². The van der Waals surface area contributed by atoms with E-state index in [2.05, 4.69) is 4.98 Å². The molecule has 5 heteroatoms. The van der Waals surface area contributed by atoms with Crippen LogP contribution in [0.2, 0.25) is 0 Å². The van der Waals surface area contributed by atoms with Gasteiger partial charge in [0.25, 0.3) is 6.43 Å². The van der Waals surface area contributed by atoms with Crippen LogP contribution in [0.3, 0.4) is 0 Å². The minimum absolute atomic E-state index is 0.0378. The maximum Gasteiger partial charge on any atom is 0.335 e. The van der Waals surface area contributed by atoms with Crippen LogP contribution >= 0.6 is 0 Å². The number of hydrogen-bond acceptors (Lipinski definition) is 2. The zero-order valence-electron chi connectivity index (χ0n) is 8.95. The first-order chi connectivity index (χ1) is 7.99. The summed E-state index contributed by atoms with van der Waals surface area (Å²) in [5, 5.41) is 9.10. The number of pyridine rings is 1. The smallest absolute Gasteiger partial charge is 0.335 e. The average molecular weight is 237 g/mol. The molecule has 0 radical (unpaired) electrons. The predicted octanol–water partition coefficient (Wildman–Crippen LogP) is 3.18. The molecule has 0 amide bonds. The molecule has 2 aromatic rings. The first kappa shape index (κ1) is 11.4. The van der Waals surface area contributed by atoms with Crippen LogP contribution in [-0.2, 0) is 0 Å². The maximum absolute atomic E-state index is 12.8. The van der Waals surface area contributed by atoms with Crippen LogP contribution in [0.1, 0.15) is 28.0 Å². The Kier molecular flexibility index (Phi) is 2.75. The number of alkyl halides is 2. The highest BCUT2D eigenvalue weighted by Gasteiger charge is 2.14. The molecule has 0 saturated heterocycles. The summed E-state index contributed by atoms with van der Waals surface area (Å²) in [5.41, 5.74) is 0.635. The van der Waals surface area contributed by atoms with Gasteiger partial charge >= 0.3 is 5.97 Å². The molecule has 0 spiro atoms. The number of hydrogen-bond donors (Lipinski definition) is 1. The second kappa shape index (κ2) is 4.08. The van der Waals surface area contributed by atoms with Crippen LogP contribution in [0.5, 0.6) is 0 Å². The molecule has 1 aromatic carbocycles. The number of fused-ring (bicyclic) bond motifs is 1. The van der Waals surface area contributed by atoms with Crippen LogP contribution in [0.25, 0.3) is 10.9 Å². The summed E-state index contributed by atoms with van der Waals surface area (Å²) in [5.74, 6) is -1.10. The van der Waals surface area contributed by atoms with Crippen LogP contribution in [-0.4, -0.2) is 16.1 Å². The molecule has 1 N–H and O–H groups in total. The maximum atomic E-state index is 12.8. The Morgan fingerprint density at radius 3 is 2.65 bits per heavy atom. The van der Waals surface area contributed by atoms with Gasteiger partial charge in [-0.2, -0.15) is 0 Å². The van der Waals surface area contributed by atoms with Crippen molar-refractivity contribution >= 4 is 16.9 Å². The quantitative estimate of drug-likeness (QED) is 0.872. The Hall–Kier alpha value is -2.04. The predicted molar refractivity (Wildman–Crippen MR) is 58.4 cm³/mol. The number of carbonyl (C=O) groups is 1. The van der Waals surface area contributed by atoms with Crippen molar-refractivity contribution in [3.05, 3.63) is 41.1 Å². The molecule has 1 aromatic heterocycles. The zero-order chi connectivity index (χ0) is 12.6. The van der Waals surface area contributed by atoms with E-state index in [-0.39, 0.29) is 22.0 Å². The van der Waals surface area contributed by atoms with Gasteiger partial charge in [-0.05, 0) is 25.1 Å². The number of benzene rings is 1. The minimum Gasteiger partial charge on any atom is -0.478 e. The summed E-state index contributed by atoms with van der Waals surface area (Å²) in [6.07, 6.45) is -2.60. The summed E-state index contributed by atoms with van der Waals surface area (Å²) >= 11 is 0. The van der Waals surface area contributed by atoms with Gasteiger partial charge in [0, 0.05) is 16.6 Å². The highest BCUT2D eigenvalue weighted by Crippen LogP contribution is 2.28. The van der Waals surface area contributed by atoms with E-state index in [1.54, 1.807) is 6.92 Å². The fourth-order valence-corrected chi connectivity index (χ4v) is 1.71. The monoisotopic (exact) mass is 237 g/mol. The summed E-state index contributed by atoms with van der Waals surface area (Å²) in [6.45, 7) is 1.60. The molecule has 0 atom stereocenters. The van der Waals surface area contributed by atoms with Crippen molar-refractivity contribution in [2.75, 3.05) is 0 Å². The van der Waals surface area contributed by atoms with E-state index >= 15 is 0 Å². The number of aryl methyl sites for hydroxylation is 1. The van der Waals surface area contributed by atoms with E-state index in [9.17, 15) is 13.6 Å². The lowest BCUT2D eigenvalue weighted by Gasteiger charge is -2.07. The van der Waals surface area contributed by atoms with Crippen LogP contribution < -0.4 is 0 Å². The molecule has 2 rings (SSSR count). The van der Waals surface area contributed by atoms with Crippen molar-refractivity contribution in [2.45, 2.75) is 13.3 Å². The van der Waals surface area contributed by atoms with Crippen molar-refractivity contribution in [1.82, 2.24) is 4.98 Å². The average Bonchev–Trinajstić information content (AvgIpc) is 2.26. The lowest BCUT2D eigenvalue weighted by atomic mass is 10.1. The largest absolute Gasteiger partial charge is 0.478 e. The van der Waals surface area contributed by atoms with Gasteiger partial charge in [0.15, 0.2) is 0 Å². The molecule has 1 heterocycles. The molecule has 17 heavy (non-hydrogen) atoms. The van der Waals surface area contributed by atoms with Crippen molar-refractivity contribution in [1.29, 1.82) is 0 Å². The summed E-state index contributed by atoms with van der Waals surface area (Å²) < 4.78 is 25.6. The number of carboxylic acid groups (broad SMARTS) is 1. The first-order valence-corrected chi connectivity index (χ1v) is 4.92. The second-order valence-corrected chi connectivity index (χ2v) is 3.69. The SMILES string of the molecule is Cc1cc(C(F)F)c2ccc(C(=O)O)cc2n1. The number of aromatic carboxylic acids is 1. The van der Waals surface area contributed by atoms with Crippen molar-refractivity contribution in [2.24, 2.45) is 0 Å². The molecule has 0 bridgehead atoms. The van der Waals surface area contributed by atoms with Crippen LogP contribution in [0.4, 0.5) is 8.78 Å². The van der Waals surface area contributed by atoms with Gasteiger partial charge in [-0.25, -0.2) is 13.6 Å². The van der Waals surface area contributed by atoms with Gasteiger partial charge in [-0.1, -0.05) is 6.07 Å². The van der Waals surface area contributed by atoms with Gasteiger partial charge < -0.3 is 5.11 Å². The van der Waals surface area contributed by atoms with Crippen molar-refractivity contribution in [3.63, 3.8) is 0 Å². The highest BCUT2D eigenvalue weighted by molar-refractivity contribution is 5.94. The Morgan fingerprint density at radius 2 is 2.06 bits per heavy atom. The standard InChI is InChI=1S/C12H9F2NO2/c1-6-4-9(11(13)14)8-3-2-7(12(16)17)5-10(8)15-6/h2-5,11H,1H3,(H,16,17). The molecule has 3 nitrogen and oxygen atoms in total. The fraction of sp³-hybridized carbons (Fsp3) is 0.167. The fourth-order valence-electron chi connectivity index (χ4n) is 1.71. The first-order valence-electron chi connectivity index (χ1n) is 4.92. The van der Waals surface area contributed by atoms with Crippen molar-refractivity contribution < 1.29 is 18.7 Å². The van der Waals surface area contributed by atoms with Gasteiger partial charge in [0.2, 0.25) is 0 Å². The van der Waals surface area contributed by atoms with Gasteiger partial charge in [0.1, 0.15) is 0 Å². The lowest BCUT2D eigenvalue weighted by molar-refractivity contribution is 0.0697. The van der Waals surface area contributed by atoms with Crippen molar-refractivity contribution in [3.8, 4) is 0 Å². The third-order valence-corrected chi connectivity index (χ3v) is 2.45.